The minimum Gasteiger partial charge on any atom is -0.387 e. The van der Waals surface area contributed by atoms with Crippen molar-refractivity contribution in [3.05, 3.63) is 35.6 Å². The lowest BCUT2D eigenvalue weighted by Gasteiger charge is -2.29. The summed E-state index contributed by atoms with van der Waals surface area (Å²) >= 11 is 0. The molecule has 2 atom stereocenters. The molecule has 122 valence electrons. The maximum atomic E-state index is 13.7. The number of nitrogens with zero attached hydrogens (tertiary/aromatic N) is 2. The van der Waals surface area contributed by atoms with Crippen molar-refractivity contribution < 1.29 is 9.50 Å². The standard InChI is InChI=1S/C18H27FN2O/c19-17-7-3-2-6-16(17)18(22)14-21-11-8-15(13-21)12-20-9-4-1-5-10-20/h2-3,6-7,15,18,22H,1,4-5,8-14H2. The number of likely N-dealkylation sites (tertiary alicyclic amines) is 2. The van der Waals surface area contributed by atoms with Crippen molar-refractivity contribution in [2.75, 3.05) is 39.3 Å². The molecule has 2 unspecified atom stereocenters. The lowest BCUT2D eigenvalue weighted by atomic mass is 10.1. The first kappa shape index (κ1) is 15.9. The van der Waals surface area contributed by atoms with Gasteiger partial charge in [0.1, 0.15) is 5.82 Å². The number of hydrogen-bond donors (Lipinski definition) is 1. The highest BCUT2D eigenvalue weighted by Crippen LogP contribution is 2.23. The van der Waals surface area contributed by atoms with E-state index in [2.05, 4.69) is 9.80 Å². The molecule has 3 nitrogen and oxygen atoms in total. The molecule has 1 aromatic carbocycles. The molecule has 2 aliphatic heterocycles. The molecule has 0 radical (unpaired) electrons. The third-order valence-electron chi connectivity index (χ3n) is 5.03. The topological polar surface area (TPSA) is 26.7 Å². The van der Waals surface area contributed by atoms with Crippen molar-refractivity contribution in [2.24, 2.45) is 5.92 Å². The number of benzene rings is 1. The summed E-state index contributed by atoms with van der Waals surface area (Å²) in [6, 6.07) is 6.55. The molecule has 0 aliphatic carbocycles. The number of piperidine rings is 1. The monoisotopic (exact) mass is 306 g/mol. The van der Waals surface area contributed by atoms with Crippen molar-refractivity contribution in [2.45, 2.75) is 31.8 Å². The second-order valence-electron chi connectivity index (χ2n) is 6.81. The Morgan fingerprint density at radius 3 is 2.64 bits per heavy atom. The van der Waals surface area contributed by atoms with Gasteiger partial charge in [-0.05, 0) is 50.9 Å². The van der Waals surface area contributed by atoms with E-state index < -0.39 is 6.10 Å². The van der Waals surface area contributed by atoms with Crippen molar-refractivity contribution in [3.63, 3.8) is 0 Å². The van der Waals surface area contributed by atoms with Crippen LogP contribution in [-0.4, -0.2) is 54.2 Å². The minimum absolute atomic E-state index is 0.306. The van der Waals surface area contributed by atoms with E-state index in [1.807, 2.05) is 0 Å². The quantitative estimate of drug-likeness (QED) is 0.906. The Hall–Kier alpha value is -0.970. The molecule has 2 heterocycles. The lowest BCUT2D eigenvalue weighted by molar-refractivity contribution is 0.118. The highest BCUT2D eigenvalue weighted by atomic mass is 19.1. The van der Waals surface area contributed by atoms with Gasteiger partial charge in [-0.3, -0.25) is 0 Å². The van der Waals surface area contributed by atoms with Crippen LogP contribution in [0.25, 0.3) is 0 Å². The summed E-state index contributed by atoms with van der Waals surface area (Å²) in [7, 11) is 0. The SMILES string of the molecule is OC(CN1CCC(CN2CCCCC2)C1)c1ccccc1F. The van der Waals surface area contributed by atoms with Gasteiger partial charge < -0.3 is 14.9 Å². The van der Waals surface area contributed by atoms with Crippen LogP contribution in [0.5, 0.6) is 0 Å². The molecule has 4 heteroatoms. The molecule has 0 aromatic heterocycles. The second-order valence-corrected chi connectivity index (χ2v) is 6.81. The van der Waals surface area contributed by atoms with Crippen molar-refractivity contribution in [1.29, 1.82) is 0 Å². The molecule has 22 heavy (non-hydrogen) atoms. The third-order valence-corrected chi connectivity index (χ3v) is 5.03. The van der Waals surface area contributed by atoms with Crippen molar-refractivity contribution in [3.8, 4) is 0 Å². The Morgan fingerprint density at radius 2 is 1.86 bits per heavy atom. The molecule has 1 N–H and O–H groups in total. The van der Waals surface area contributed by atoms with Crippen LogP contribution in [0.3, 0.4) is 0 Å². The molecule has 0 spiro atoms. The number of halogens is 1. The summed E-state index contributed by atoms with van der Waals surface area (Å²) in [5.41, 5.74) is 0.419. The van der Waals surface area contributed by atoms with Gasteiger partial charge >= 0.3 is 0 Å². The molecule has 0 saturated carbocycles. The van der Waals surface area contributed by atoms with Crippen LogP contribution >= 0.6 is 0 Å². The van der Waals surface area contributed by atoms with Gasteiger partial charge in [-0.15, -0.1) is 0 Å². The molecular formula is C18H27FN2O. The fourth-order valence-electron chi connectivity index (χ4n) is 3.82. The summed E-state index contributed by atoms with van der Waals surface area (Å²) in [6.07, 6.45) is 4.52. The maximum absolute atomic E-state index is 13.7. The van der Waals surface area contributed by atoms with Crippen molar-refractivity contribution in [1.82, 2.24) is 9.80 Å². The van der Waals surface area contributed by atoms with Gasteiger partial charge in [0.2, 0.25) is 0 Å². The number of aliphatic hydroxyl groups is 1. The zero-order valence-electron chi connectivity index (χ0n) is 13.3. The Balaban J connectivity index is 1.47. The molecule has 2 fully saturated rings. The van der Waals surface area contributed by atoms with Crippen LogP contribution in [0.1, 0.15) is 37.4 Å². The van der Waals surface area contributed by atoms with Crippen molar-refractivity contribution >= 4 is 0 Å². The van der Waals surface area contributed by atoms with Gasteiger partial charge in [0.05, 0.1) is 6.10 Å². The molecular weight excluding hydrogens is 279 g/mol. The van der Waals surface area contributed by atoms with Crippen LogP contribution in [0.2, 0.25) is 0 Å². The number of aliphatic hydroxyl groups excluding tert-OH is 1. The Kier molecular flexibility index (Phi) is 5.45. The summed E-state index contributed by atoms with van der Waals surface area (Å²) in [4.78, 5) is 4.87. The molecule has 0 amide bonds. The normalized spacial score (nSPS) is 25.5. The molecule has 0 bridgehead atoms. The highest BCUT2D eigenvalue weighted by Gasteiger charge is 2.27. The predicted molar refractivity (Wildman–Crippen MR) is 86.2 cm³/mol. The largest absolute Gasteiger partial charge is 0.387 e. The van der Waals surface area contributed by atoms with Gasteiger partial charge in [-0.1, -0.05) is 24.6 Å². The molecule has 2 saturated heterocycles. The average Bonchev–Trinajstić information content (AvgIpc) is 2.95. The van der Waals surface area contributed by atoms with Gasteiger partial charge in [-0.2, -0.15) is 0 Å². The molecule has 3 rings (SSSR count). The number of rotatable bonds is 5. The Morgan fingerprint density at radius 1 is 1.09 bits per heavy atom. The van der Waals surface area contributed by atoms with E-state index in [4.69, 9.17) is 0 Å². The van der Waals surface area contributed by atoms with Gasteiger partial charge in [-0.25, -0.2) is 4.39 Å². The average molecular weight is 306 g/mol. The van der Waals surface area contributed by atoms with E-state index in [-0.39, 0.29) is 5.82 Å². The van der Waals surface area contributed by atoms with Crippen LogP contribution in [-0.2, 0) is 0 Å². The number of hydrogen-bond acceptors (Lipinski definition) is 3. The second kappa shape index (κ2) is 7.53. The van der Waals surface area contributed by atoms with E-state index in [1.54, 1.807) is 18.2 Å². The van der Waals surface area contributed by atoms with E-state index in [9.17, 15) is 9.50 Å². The fourth-order valence-corrected chi connectivity index (χ4v) is 3.82. The van der Waals surface area contributed by atoms with E-state index >= 15 is 0 Å². The van der Waals surface area contributed by atoms with E-state index in [0.717, 1.165) is 13.1 Å². The summed E-state index contributed by atoms with van der Waals surface area (Å²) in [6.45, 7) is 6.26. The van der Waals surface area contributed by atoms with Gasteiger partial charge in [0, 0.05) is 25.2 Å². The van der Waals surface area contributed by atoms with Gasteiger partial charge in [0.15, 0.2) is 0 Å². The zero-order valence-corrected chi connectivity index (χ0v) is 13.3. The first-order valence-corrected chi connectivity index (χ1v) is 8.59. The maximum Gasteiger partial charge on any atom is 0.129 e. The number of β-amino-alcohol motifs (C(OH)–C–C–N with tert-alkyl or cyclic N) is 1. The lowest BCUT2D eigenvalue weighted by Crippen LogP contribution is -2.35. The summed E-state index contributed by atoms with van der Waals surface area (Å²) in [5, 5.41) is 10.3. The molecule has 1 aromatic rings. The van der Waals surface area contributed by atoms with Crippen LogP contribution in [0.4, 0.5) is 4.39 Å². The zero-order chi connectivity index (χ0) is 15.4. The summed E-state index contributed by atoms with van der Waals surface area (Å²) < 4.78 is 13.7. The van der Waals surface area contributed by atoms with Crippen LogP contribution in [0.15, 0.2) is 24.3 Å². The van der Waals surface area contributed by atoms with Crippen LogP contribution < -0.4 is 0 Å². The first-order chi connectivity index (χ1) is 10.7. The predicted octanol–water partition coefficient (Wildman–Crippen LogP) is 2.67. The first-order valence-electron chi connectivity index (χ1n) is 8.59. The van der Waals surface area contributed by atoms with E-state index in [1.165, 1.54) is 51.4 Å². The van der Waals surface area contributed by atoms with Gasteiger partial charge in [0.25, 0.3) is 0 Å². The smallest absolute Gasteiger partial charge is 0.129 e. The fraction of sp³-hybridized carbons (Fsp3) is 0.667. The third kappa shape index (κ3) is 4.06. The highest BCUT2D eigenvalue weighted by molar-refractivity contribution is 5.20. The van der Waals surface area contributed by atoms with Crippen LogP contribution in [0, 0.1) is 11.7 Å². The minimum atomic E-state index is -0.727. The summed E-state index contributed by atoms with van der Waals surface area (Å²) in [5.74, 6) is 0.394. The van der Waals surface area contributed by atoms with E-state index in [0.29, 0.717) is 18.0 Å². The Labute approximate surface area is 132 Å². The Bertz CT molecular complexity index is 476. The molecule has 2 aliphatic rings.